The highest BCUT2D eigenvalue weighted by Crippen LogP contribution is 2.12. The van der Waals surface area contributed by atoms with Crippen LogP contribution in [0, 0.1) is 5.92 Å². The molecule has 6 nitrogen and oxygen atoms in total. The van der Waals surface area contributed by atoms with E-state index in [1.807, 2.05) is 6.26 Å². The zero-order valence-electron chi connectivity index (χ0n) is 11.5. The van der Waals surface area contributed by atoms with Crippen molar-refractivity contribution in [3.05, 3.63) is 0 Å². The van der Waals surface area contributed by atoms with Gasteiger partial charge in [0, 0.05) is 13.1 Å². The number of hydrogen-bond donors (Lipinski definition) is 3. The van der Waals surface area contributed by atoms with Gasteiger partial charge in [-0.2, -0.15) is 11.8 Å². The molecule has 0 aromatic heterocycles. The van der Waals surface area contributed by atoms with Gasteiger partial charge in [-0.15, -0.1) is 0 Å². The molecule has 1 aliphatic heterocycles. The third kappa shape index (κ3) is 6.15. The summed E-state index contributed by atoms with van der Waals surface area (Å²) in [6.45, 7) is 2.64. The third-order valence-electron chi connectivity index (χ3n) is 3.25. The Kier molecular flexibility index (Phi) is 7.01. The SMILES string of the molecule is CSCC[C@@H](NC(=O)NCC1CCN(C)C1)C(=O)O. The molecule has 1 fully saturated rings. The first-order valence-electron chi connectivity index (χ1n) is 6.47. The van der Waals surface area contributed by atoms with Crippen LogP contribution in [-0.2, 0) is 4.79 Å². The number of carbonyl (C=O) groups excluding carboxylic acids is 1. The van der Waals surface area contributed by atoms with Gasteiger partial charge in [0.1, 0.15) is 6.04 Å². The van der Waals surface area contributed by atoms with Crippen LogP contribution in [-0.4, -0.2) is 66.7 Å². The lowest BCUT2D eigenvalue weighted by Gasteiger charge is -2.16. The normalized spacial score (nSPS) is 21.1. The predicted octanol–water partition coefficient (Wildman–Crippen LogP) is 0.444. The number of aliphatic carboxylic acids is 1. The molecule has 2 atom stereocenters. The fourth-order valence-electron chi connectivity index (χ4n) is 2.13. The van der Waals surface area contributed by atoms with Crippen molar-refractivity contribution >= 4 is 23.8 Å². The van der Waals surface area contributed by atoms with E-state index in [1.54, 1.807) is 11.8 Å². The number of nitrogens with one attached hydrogen (secondary N) is 2. The number of carboxylic acids is 1. The maximum Gasteiger partial charge on any atom is 0.326 e. The maximum atomic E-state index is 11.7. The minimum absolute atomic E-state index is 0.386. The fourth-order valence-corrected chi connectivity index (χ4v) is 2.60. The van der Waals surface area contributed by atoms with Gasteiger partial charge in [0.2, 0.25) is 0 Å². The summed E-state index contributed by atoms with van der Waals surface area (Å²) in [6, 6.07) is -1.19. The van der Waals surface area contributed by atoms with Gasteiger partial charge in [0.15, 0.2) is 0 Å². The Morgan fingerprint density at radius 2 is 2.26 bits per heavy atom. The van der Waals surface area contributed by atoms with Gasteiger partial charge in [0.05, 0.1) is 0 Å². The van der Waals surface area contributed by atoms with E-state index in [9.17, 15) is 9.59 Å². The molecule has 0 aromatic rings. The molecule has 1 unspecified atom stereocenters. The summed E-state index contributed by atoms with van der Waals surface area (Å²) < 4.78 is 0. The molecule has 3 N–H and O–H groups in total. The van der Waals surface area contributed by atoms with Crippen molar-refractivity contribution in [2.24, 2.45) is 5.92 Å². The van der Waals surface area contributed by atoms with Crippen LogP contribution in [0.4, 0.5) is 4.79 Å². The number of carboxylic acid groups (broad SMARTS) is 1. The first kappa shape index (κ1) is 16.1. The summed E-state index contributed by atoms with van der Waals surface area (Å²) in [7, 11) is 2.06. The van der Waals surface area contributed by atoms with Crippen LogP contribution in [0.25, 0.3) is 0 Å². The van der Waals surface area contributed by atoms with Gasteiger partial charge in [0.25, 0.3) is 0 Å². The second kappa shape index (κ2) is 8.27. The van der Waals surface area contributed by atoms with E-state index < -0.39 is 12.0 Å². The number of hydrogen-bond acceptors (Lipinski definition) is 4. The Bertz CT molecular complexity index is 315. The van der Waals surface area contributed by atoms with Crippen LogP contribution < -0.4 is 10.6 Å². The topological polar surface area (TPSA) is 81.7 Å². The minimum Gasteiger partial charge on any atom is -0.480 e. The van der Waals surface area contributed by atoms with E-state index >= 15 is 0 Å². The Morgan fingerprint density at radius 1 is 1.53 bits per heavy atom. The first-order chi connectivity index (χ1) is 9.02. The number of likely N-dealkylation sites (tertiary alicyclic amines) is 1. The molecule has 0 bridgehead atoms. The molecule has 0 aromatic carbocycles. The van der Waals surface area contributed by atoms with Crippen molar-refractivity contribution in [1.82, 2.24) is 15.5 Å². The number of thioether (sulfide) groups is 1. The lowest BCUT2D eigenvalue weighted by atomic mass is 10.1. The second-order valence-corrected chi connectivity index (χ2v) is 5.93. The van der Waals surface area contributed by atoms with Crippen molar-refractivity contribution in [2.45, 2.75) is 18.9 Å². The summed E-state index contributed by atoms with van der Waals surface area (Å²) in [5.74, 6) is 0.194. The largest absolute Gasteiger partial charge is 0.480 e. The number of carbonyl (C=O) groups is 2. The Morgan fingerprint density at radius 3 is 2.79 bits per heavy atom. The van der Waals surface area contributed by atoms with Crippen molar-refractivity contribution < 1.29 is 14.7 Å². The number of nitrogens with zero attached hydrogens (tertiary/aromatic N) is 1. The zero-order valence-corrected chi connectivity index (χ0v) is 12.3. The van der Waals surface area contributed by atoms with Crippen LogP contribution in [0.15, 0.2) is 0 Å². The fraction of sp³-hybridized carbons (Fsp3) is 0.833. The zero-order chi connectivity index (χ0) is 14.3. The average molecular weight is 289 g/mol. The van der Waals surface area contributed by atoms with Crippen LogP contribution in [0.5, 0.6) is 0 Å². The van der Waals surface area contributed by atoms with Crippen molar-refractivity contribution in [1.29, 1.82) is 0 Å². The highest BCUT2D eigenvalue weighted by molar-refractivity contribution is 7.98. The lowest BCUT2D eigenvalue weighted by Crippen LogP contribution is -2.47. The Hall–Kier alpha value is -0.950. The first-order valence-corrected chi connectivity index (χ1v) is 7.87. The summed E-state index contributed by atoms with van der Waals surface area (Å²) in [5, 5.41) is 14.3. The highest BCUT2D eigenvalue weighted by atomic mass is 32.2. The number of urea groups is 1. The van der Waals surface area contributed by atoms with E-state index in [-0.39, 0.29) is 6.03 Å². The Balaban J connectivity index is 2.26. The molecule has 0 radical (unpaired) electrons. The molecule has 1 saturated heterocycles. The standard InChI is InChI=1S/C12H23N3O3S/c1-15-5-3-9(8-15)7-13-12(18)14-10(11(16)17)4-6-19-2/h9-10H,3-8H2,1-2H3,(H,16,17)(H2,13,14,18)/t9?,10-/m1/s1. The summed E-state index contributed by atoms with van der Waals surface area (Å²) >= 11 is 1.57. The predicted molar refractivity (Wildman–Crippen MR) is 76.6 cm³/mol. The molecule has 1 heterocycles. The molecular weight excluding hydrogens is 266 g/mol. The van der Waals surface area contributed by atoms with Crippen LogP contribution >= 0.6 is 11.8 Å². The van der Waals surface area contributed by atoms with Crippen LogP contribution in [0.2, 0.25) is 0 Å². The monoisotopic (exact) mass is 289 g/mol. The Labute approximate surface area is 118 Å². The van der Waals surface area contributed by atoms with Gasteiger partial charge < -0.3 is 20.6 Å². The maximum absolute atomic E-state index is 11.7. The number of rotatable bonds is 7. The summed E-state index contributed by atoms with van der Waals surface area (Å²) in [4.78, 5) is 24.9. The van der Waals surface area contributed by atoms with E-state index in [1.165, 1.54) is 0 Å². The molecular formula is C12H23N3O3S. The van der Waals surface area contributed by atoms with Gasteiger partial charge in [-0.1, -0.05) is 0 Å². The molecule has 1 aliphatic rings. The van der Waals surface area contributed by atoms with E-state index in [4.69, 9.17) is 5.11 Å². The van der Waals surface area contributed by atoms with Gasteiger partial charge >= 0.3 is 12.0 Å². The van der Waals surface area contributed by atoms with Crippen LogP contribution in [0.3, 0.4) is 0 Å². The van der Waals surface area contributed by atoms with Gasteiger partial charge in [-0.3, -0.25) is 0 Å². The summed E-state index contributed by atoms with van der Waals surface area (Å²) in [5.41, 5.74) is 0. The van der Waals surface area contributed by atoms with E-state index in [0.29, 0.717) is 24.6 Å². The molecule has 0 spiro atoms. The molecule has 0 aliphatic carbocycles. The van der Waals surface area contributed by atoms with Gasteiger partial charge in [-0.25, -0.2) is 9.59 Å². The van der Waals surface area contributed by atoms with Crippen molar-refractivity contribution in [3.8, 4) is 0 Å². The van der Waals surface area contributed by atoms with E-state index in [2.05, 4.69) is 22.6 Å². The second-order valence-electron chi connectivity index (χ2n) is 4.94. The van der Waals surface area contributed by atoms with Crippen LogP contribution in [0.1, 0.15) is 12.8 Å². The number of amides is 2. The quantitative estimate of drug-likeness (QED) is 0.634. The molecule has 110 valence electrons. The molecule has 7 heteroatoms. The smallest absolute Gasteiger partial charge is 0.326 e. The van der Waals surface area contributed by atoms with E-state index in [0.717, 1.165) is 19.5 Å². The highest BCUT2D eigenvalue weighted by Gasteiger charge is 2.22. The molecule has 2 amide bonds. The summed E-state index contributed by atoms with van der Waals surface area (Å²) in [6.07, 6.45) is 3.43. The van der Waals surface area contributed by atoms with Gasteiger partial charge in [-0.05, 0) is 44.4 Å². The molecule has 0 saturated carbocycles. The average Bonchev–Trinajstić information content (AvgIpc) is 2.77. The molecule has 1 rings (SSSR count). The molecule has 19 heavy (non-hydrogen) atoms. The van der Waals surface area contributed by atoms with Crippen molar-refractivity contribution in [3.63, 3.8) is 0 Å². The van der Waals surface area contributed by atoms with Crippen molar-refractivity contribution in [2.75, 3.05) is 38.7 Å². The third-order valence-corrected chi connectivity index (χ3v) is 3.90. The minimum atomic E-state index is -0.982. The lowest BCUT2D eigenvalue weighted by molar-refractivity contribution is -0.139.